The first-order chi connectivity index (χ1) is 30.5. The maximum absolute atomic E-state index is 9.77. The number of benzene rings is 7. The maximum atomic E-state index is 9.77. The Morgan fingerprint density at radius 3 is 0.387 bits per heavy atom. The van der Waals surface area contributed by atoms with E-state index in [9.17, 15) is 31.6 Å². The highest BCUT2D eigenvalue weighted by molar-refractivity contribution is 6.15. The molecule has 0 aliphatic rings. The molecule has 7 aromatic rings. The molecule has 10 heteroatoms. The lowest BCUT2D eigenvalue weighted by Crippen LogP contribution is -2.02. The van der Waals surface area contributed by atoms with Crippen LogP contribution in [-0.2, 0) is 0 Å². The fourth-order valence-corrected chi connectivity index (χ4v) is 6.75. The minimum Gasteiger partial charge on any atom is -0.400 e. The van der Waals surface area contributed by atoms with Gasteiger partial charge in [0, 0.05) is 28.4 Å². The maximum Gasteiger partial charge on any atom is 0.0991 e. The fourth-order valence-electron chi connectivity index (χ4n) is 6.75. The summed E-state index contributed by atoms with van der Waals surface area (Å²) in [6.45, 7) is 0. The lowest BCUT2D eigenvalue weighted by molar-refractivity contribution is 0.399. The van der Waals surface area contributed by atoms with Crippen molar-refractivity contribution >= 4 is 0 Å². The average Bonchev–Trinajstić information content (AvgIpc) is 3.38. The zero-order valence-corrected chi connectivity index (χ0v) is 34.3. The second-order valence-electron chi connectivity index (χ2n) is 12.4. The molecular formula is C52H40N6O4. The van der Waals surface area contributed by atoms with Crippen molar-refractivity contribution in [3.05, 3.63) is 179 Å². The van der Waals surface area contributed by atoms with Gasteiger partial charge in [-0.05, 0) is 140 Å². The molecule has 302 valence electrons. The van der Waals surface area contributed by atoms with E-state index in [-0.39, 0.29) is 0 Å². The molecule has 0 unspecified atom stereocenters. The Bertz CT molecular complexity index is 2300. The second-order valence-corrected chi connectivity index (χ2v) is 12.4. The van der Waals surface area contributed by atoms with Gasteiger partial charge in [0.2, 0.25) is 0 Å². The predicted octanol–water partition coefficient (Wildman–Crippen LogP) is 9.35. The van der Waals surface area contributed by atoms with Crippen molar-refractivity contribution in [2.45, 2.75) is 0 Å². The first-order valence-electron chi connectivity index (χ1n) is 18.6. The van der Waals surface area contributed by atoms with Crippen molar-refractivity contribution < 1.29 is 20.4 Å². The molecule has 0 spiro atoms. The molecule has 10 nitrogen and oxygen atoms in total. The van der Waals surface area contributed by atoms with E-state index in [1.165, 1.54) is 0 Å². The summed E-state index contributed by atoms with van der Waals surface area (Å²) in [5, 5.41) is 86.6. The molecule has 0 bridgehead atoms. The van der Waals surface area contributed by atoms with Crippen LogP contribution >= 0.6 is 0 Å². The Hall–Kier alpha value is -8.68. The Morgan fingerprint density at radius 1 is 0.210 bits per heavy atom. The van der Waals surface area contributed by atoms with E-state index in [1.807, 2.05) is 72.8 Å². The van der Waals surface area contributed by atoms with E-state index in [4.69, 9.17) is 20.4 Å². The normalized spacial score (nSPS) is 9.19. The van der Waals surface area contributed by atoms with Gasteiger partial charge in [-0.1, -0.05) is 72.8 Å². The number of aliphatic hydroxyl groups excluding tert-OH is 4. The number of rotatable bonds is 6. The zero-order valence-electron chi connectivity index (χ0n) is 34.3. The highest BCUT2D eigenvalue weighted by Crippen LogP contribution is 2.56. The Balaban J connectivity index is 0.00000121. The van der Waals surface area contributed by atoms with Crippen LogP contribution in [-0.4, -0.2) is 48.9 Å². The van der Waals surface area contributed by atoms with Crippen molar-refractivity contribution in [2.75, 3.05) is 28.4 Å². The lowest BCUT2D eigenvalue weighted by Gasteiger charge is -2.29. The molecule has 0 saturated carbocycles. The van der Waals surface area contributed by atoms with Crippen LogP contribution in [0.1, 0.15) is 33.4 Å². The number of hydrogen-bond donors (Lipinski definition) is 4. The standard InChI is InChI=1S/C48H24N6.4CH4O/c49-25-31-1-13-37(14-2-31)43-44(38-15-3-32(26-50)4-16-38)46(40-19-7-34(28-52)8-20-40)48(42-23-11-36(30-54)12-24-42)47(41-21-9-35(29-53)10-22-41)45(43)39-17-5-33(27-51)6-18-39;4*1-2/h1-24H;4*2H,1H3. The number of aliphatic hydroxyl groups is 4. The fraction of sp³-hybridized carbons (Fsp3) is 0.0769. The van der Waals surface area contributed by atoms with Crippen molar-refractivity contribution in [3.63, 3.8) is 0 Å². The van der Waals surface area contributed by atoms with Crippen LogP contribution < -0.4 is 0 Å². The van der Waals surface area contributed by atoms with Crippen molar-refractivity contribution in [1.82, 2.24) is 0 Å². The van der Waals surface area contributed by atoms with Crippen LogP contribution in [0, 0.1) is 68.0 Å². The smallest absolute Gasteiger partial charge is 0.0991 e. The number of nitrogens with zero attached hydrogens (tertiary/aromatic N) is 6. The van der Waals surface area contributed by atoms with Gasteiger partial charge in [0.15, 0.2) is 0 Å². The highest BCUT2D eigenvalue weighted by Gasteiger charge is 2.29. The van der Waals surface area contributed by atoms with Crippen molar-refractivity contribution in [3.8, 4) is 103 Å². The molecule has 4 N–H and O–H groups in total. The summed E-state index contributed by atoms with van der Waals surface area (Å²) in [6.07, 6.45) is 0. The molecule has 0 heterocycles. The van der Waals surface area contributed by atoms with E-state index in [0.29, 0.717) is 33.4 Å². The van der Waals surface area contributed by atoms with E-state index in [2.05, 4.69) is 36.4 Å². The monoisotopic (exact) mass is 812 g/mol. The van der Waals surface area contributed by atoms with Gasteiger partial charge in [-0.15, -0.1) is 0 Å². The van der Waals surface area contributed by atoms with E-state index in [0.717, 1.165) is 95.2 Å². The van der Waals surface area contributed by atoms with Gasteiger partial charge in [0.1, 0.15) is 0 Å². The van der Waals surface area contributed by atoms with Gasteiger partial charge in [-0.3, -0.25) is 0 Å². The summed E-state index contributed by atoms with van der Waals surface area (Å²) >= 11 is 0. The highest BCUT2D eigenvalue weighted by atomic mass is 16.2. The van der Waals surface area contributed by atoms with Gasteiger partial charge >= 0.3 is 0 Å². The van der Waals surface area contributed by atoms with Crippen molar-refractivity contribution in [2.24, 2.45) is 0 Å². The van der Waals surface area contributed by atoms with Gasteiger partial charge in [-0.25, -0.2) is 0 Å². The van der Waals surface area contributed by atoms with Gasteiger partial charge in [0.05, 0.1) is 69.8 Å². The third kappa shape index (κ3) is 10.5. The first kappa shape index (κ1) is 47.7. The minimum atomic E-state index is 0.493. The predicted molar refractivity (Wildman–Crippen MR) is 240 cm³/mol. The minimum absolute atomic E-state index is 0.493. The summed E-state index contributed by atoms with van der Waals surface area (Å²) < 4.78 is 0. The molecule has 7 rings (SSSR count). The zero-order chi connectivity index (χ0) is 45.6. The summed E-state index contributed by atoms with van der Waals surface area (Å²) in [7, 11) is 4.00. The molecule has 7 aromatic carbocycles. The molecule has 0 atom stereocenters. The molecule has 0 aliphatic carbocycles. The van der Waals surface area contributed by atoms with E-state index < -0.39 is 0 Å². The molecular weight excluding hydrogens is 773 g/mol. The number of hydrogen-bond acceptors (Lipinski definition) is 10. The second kappa shape index (κ2) is 24.3. The van der Waals surface area contributed by atoms with Gasteiger partial charge in [0.25, 0.3) is 0 Å². The lowest BCUT2D eigenvalue weighted by atomic mass is 9.74. The van der Waals surface area contributed by atoms with Gasteiger partial charge in [-0.2, -0.15) is 31.6 Å². The summed E-state index contributed by atoms with van der Waals surface area (Å²) in [4.78, 5) is 0. The summed E-state index contributed by atoms with van der Waals surface area (Å²) in [5.74, 6) is 0. The molecule has 0 aliphatic heterocycles. The third-order valence-corrected chi connectivity index (χ3v) is 9.32. The van der Waals surface area contributed by atoms with Crippen molar-refractivity contribution in [1.29, 1.82) is 31.6 Å². The van der Waals surface area contributed by atoms with Crippen LogP contribution in [0.25, 0.3) is 66.8 Å². The topological polar surface area (TPSA) is 224 Å². The number of nitriles is 6. The summed E-state index contributed by atoms with van der Waals surface area (Å²) in [6, 6.07) is 57.7. The van der Waals surface area contributed by atoms with Crippen LogP contribution in [0.5, 0.6) is 0 Å². The molecule has 0 aromatic heterocycles. The SMILES string of the molecule is CO.CO.CO.CO.N#Cc1ccc(-c2c(-c3ccc(C#N)cc3)c(-c3ccc(C#N)cc3)c(-c3ccc(C#N)cc3)c(-c3ccc(C#N)cc3)c2-c2ccc(C#N)cc2)cc1. The van der Waals surface area contributed by atoms with Crippen LogP contribution in [0.3, 0.4) is 0 Å². The molecule has 0 saturated heterocycles. The molecule has 62 heavy (non-hydrogen) atoms. The Morgan fingerprint density at radius 2 is 0.306 bits per heavy atom. The molecule has 0 fully saturated rings. The van der Waals surface area contributed by atoms with E-state index in [1.54, 1.807) is 72.8 Å². The summed E-state index contributed by atoms with van der Waals surface area (Å²) in [5.41, 5.74) is 12.8. The first-order valence-corrected chi connectivity index (χ1v) is 18.6. The third-order valence-electron chi connectivity index (χ3n) is 9.32. The molecule has 0 radical (unpaired) electrons. The van der Waals surface area contributed by atoms with Crippen LogP contribution in [0.15, 0.2) is 146 Å². The van der Waals surface area contributed by atoms with Gasteiger partial charge < -0.3 is 20.4 Å². The average molecular weight is 813 g/mol. The largest absolute Gasteiger partial charge is 0.400 e. The molecule has 0 amide bonds. The van der Waals surface area contributed by atoms with Crippen LogP contribution in [0.2, 0.25) is 0 Å². The Labute approximate surface area is 361 Å². The van der Waals surface area contributed by atoms with Crippen LogP contribution in [0.4, 0.5) is 0 Å². The quantitative estimate of drug-likeness (QED) is 0.124. The Kier molecular flexibility index (Phi) is 18.7. The van der Waals surface area contributed by atoms with E-state index >= 15 is 0 Å².